The normalized spacial score (nSPS) is 19.8. The van der Waals surface area contributed by atoms with Crippen LogP contribution in [0.4, 0.5) is 10.5 Å². The lowest BCUT2D eigenvalue weighted by molar-refractivity contribution is -0.134. The van der Waals surface area contributed by atoms with Crippen molar-refractivity contribution in [1.29, 1.82) is 0 Å². The maximum Gasteiger partial charge on any atom is 0.325 e. The number of ether oxygens (including phenoxy) is 2. The van der Waals surface area contributed by atoms with Crippen LogP contribution >= 0.6 is 11.6 Å². The molecular formula is C22H22ClN3O5. The van der Waals surface area contributed by atoms with Crippen LogP contribution in [0.25, 0.3) is 0 Å². The number of nitrogens with zero attached hydrogens (tertiary/aromatic N) is 1. The standard InChI is InChI=1S/C22H22ClN3O5/c1-30-17-10-16(18(31-2)9-15(17)23)24-19(27)12-26-20(28)22(25-21(26)29)8-7-13-5-3-4-6-14(13)11-22/h3-6,9-10H,7-8,11-12H2,1-2H3,(H,24,27)(H,25,29). The van der Waals surface area contributed by atoms with E-state index in [4.69, 9.17) is 21.1 Å². The second kappa shape index (κ2) is 8.11. The highest BCUT2D eigenvalue weighted by molar-refractivity contribution is 6.32. The molecule has 31 heavy (non-hydrogen) atoms. The zero-order valence-electron chi connectivity index (χ0n) is 17.2. The number of anilines is 1. The van der Waals surface area contributed by atoms with E-state index in [2.05, 4.69) is 10.6 Å². The summed E-state index contributed by atoms with van der Waals surface area (Å²) in [6, 6.07) is 10.3. The highest BCUT2D eigenvalue weighted by Gasteiger charge is 2.52. The lowest BCUT2D eigenvalue weighted by atomic mass is 9.78. The van der Waals surface area contributed by atoms with E-state index in [1.807, 2.05) is 24.3 Å². The molecule has 1 atom stereocenters. The van der Waals surface area contributed by atoms with Crippen LogP contribution < -0.4 is 20.1 Å². The molecule has 2 aromatic rings. The van der Waals surface area contributed by atoms with Crippen LogP contribution in [0.3, 0.4) is 0 Å². The number of urea groups is 1. The van der Waals surface area contributed by atoms with Crippen LogP contribution in [0.1, 0.15) is 17.5 Å². The third-order valence-electron chi connectivity index (χ3n) is 5.73. The number of carbonyl (C=O) groups excluding carboxylic acids is 3. The van der Waals surface area contributed by atoms with Gasteiger partial charge in [-0.05, 0) is 24.0 Å². The Hall–Kier alpha value is -3.26. The first-order valence-corrected chi connectivity index (χ1v) is 10.2. The average Bonchev–Trinajstić information content (AvgIpc) is 2.98. The summed E-state index contributed by atoms with van der Waals surface area (Å²) < 4.78 is 10.4. The van der Waals surface area contributed by atoms with Gasteiger partial charge in [0.25, 0.3) is 5.91 Å². The Morgan fingerprint density at radius 2 is 1.87 bits per heavy atom. The minimum absolute atomic E-state index is 0.321. The highest BCUT2D eigenvalue weighted by atomic mass is 35.5. The highest BCUT2D eigenvalue weighted by Crippen LogP contribution is 2.36. The van der Waals surface area contributed by atoms with Gasteiger partial charge in [-0.2, -0.15) is 0 Å². The molecule has 4 amide bonds. The van der Waals surface area contributed by atoms with E-state index in [1.54, 1.807) is 0 Å². The van der Waals surface area contributed by atoms with E-state index in [9.17, 15) is 14.4 Å². The number of fused-ring (bicyclic) bond motifs is 1. The number of carbonyl (C=O) groups is 3. The number of amides is 4. The second-order valence-electron chi connectivity index (χ2n) is 7.58. The van der Waals surface area contributed by atoms with Crippen molar-refractivity contribution in [2.75, 3.05) is 26.1 Å². The van der Waals surface area contributed by atoms with E-state index in [1.165, 1.54) is 31.9 Å². The quantitative estimate of drug-likeness (QED) is 0.692. The lowest BCUT2D eigenvalue weighted by Gasteiger charge is -2.32. The molecule has 0 aromatic heterocycles. The molecule has 2 aromatic carbocycles. The number of nitrogens with one attached hydrogen (secondary N) is 2. The molecule has 1 heterocycles. The van der Waals surface area contributed by atoms with Crippen molar-refractivity contribution in [2.24, 2.45) is 0 Å². The smallest absolute Gasteiger partial charge is 0.325 e. The molecule has 162 valence electrons. The van der Waals surface area contributed by atoms with Gasteiger partial charge in [0, 0.05) is 18.6 Å². The lowest BCUT2D eigenvalue weighted by Crippen LogP contribution is -2.51. The SMILES string of the molecule is COc1cc(NC(=O)CN2C(=O)NC3(CCc4ccccc4C3)C2=O)c(OC)cc1Cl. The summed E-state index contributed by atoms with van der Waals surface area (Å²) in [7, 11) is 2.89. The van der Waals surface area contributed by atoms with Gasteiger partial charge >= 0.3 is 6.03 Å². The summed E-state index contributed by atoms with van der Waals surface area (Å²) in [6.07, 6.45) is 1.59. The largest absolute Gasteiger partial charge is 0.495 e. The maximum absolute atomic E-state index is 13.2. The molecule has 1 aliphatic heterocycles. The van der Waals surface area contributed by atoms with Gasteiger partial charge in [-0.15, -0.1) is 0 Å². The Labute approximate surface area is 184 Å². The van der Waals surface area contributed by atoms with Gasteiger partial charge in [-0.1, -0.05) is 35.9 Å². The molecule has 0 bridgehead atoms. The number of aryl methyl sites for hydroxylation is 1. The zero-order chi connectivity index (χ0) is 22.2. The van der Waals surface area contributed by atoms with Gasteiger partial charge in [0.05, 0.1) is 24.9 Å². The molecule has 1 spiro atoms. The van der Waals surface area contributed by atoms with Crippen molar-refractivity contribution < 1.29 is 23.9 Å². The zero-order valence-corrected chi connectivity index (χ0v) is 17.9. The molecule has 4 rings (SSSR count). The van der Waals surface area contributed by atoms with Crippen molar-refractivity contribution >= 4 is 35.1 Å². The third kappa shape index (κ3) is 3.79. The van der Waals surface area contributed by atoms with E-state index < -0.39 is 24.0 Å². The Bertz CT molecular complexity index is 1070. The molecule has 0 radical (unpaired) electrons. The van der Waals surface area contributed by atoms with Crippen LogP contribution in [0.15, 0.2) is 36.4 Å². The molecule has 2 aliphatic rings. The van der Waals surface area contributed by atoms with Gasteiger partial charge in [-0.3, -0.25) is 14.5 Å². The Morgan fingerprint density at radius 1 is 1.16 bits per heavy atom. The Kier molecular flexibility index (Phi) is 5.49. The average molecular weight is 444 g/mol. The first-order chi connectivity index (χ1) is 14.9. The van der Waals surface area contributed by atoms with Gasteiger partial charge in [-0.25, -0.2) is 4.79 Å². The molecule has 1 unspecified atom stereocenters. The van der Waals surface area contributed by atoms with E-state index >= 15 is 0 Å². The van der Waals surface area contributed by atoms with Gasteiger partial charge < -0.3 is 20.1 Å². The number of hydrogen-bond acceptors (Lipinski definition) is 5. The summed E-state index contributed by atoms with van der Waals surface area (Å²) >= 11 is 6.09. The van der Waals surface area contributed by atoms with Crippen molar-refractivity contribution in [3.05, 3.63) is 52.5 Å². The number of hydrogen-bond donors (Lipinski definition) is 2. The number of halogens is 1. The first kappa shape index (κ1) is 21.0. The van der Waals surface area contributed by atoms with Crippen LogP contribution in [-0.4, -0.2) is 49.0 Å². The Morgan fingerprint density at radius 3 is 2.58 bits per heavy atom. The summed E-state index contributed by atoms with van der Waals surface area (Å²) in [5.41, 5.74) is 1.52. The van der Waals surface area contributed by atoms with Crippen LogP contribution in [0, 0.1) is 0 Å². The summed E-state index contributed by atoms with van der Waals surface area (Å²) in [4.78, 5) is 39.4. The van der Waals surface area contributed by atoms with Crippen LogP contribution in [0.5, 0.6) is 11.5 Å². The summed E-state index contributed by atoms with van der Waals surface area (Å²) in [5.74, 6) is -0.244. The van der Waals surface area contributed by atoms with Crippen molar-refractivity contribution in [3.8, 4) is 11.5 Å². The number of methoxy groups -OCH3 is 2. The molecule has 8 nitrogen and oxygen atoms in total. The fraction of sp³-hybridized carbons (Fsp3) is 0.318. The van der Waals surface area contributed by atoms with Gasteiger partial charge in [0.1, 0.15) is 23.6 Å². The molecule has 1 saturated heterocycles. The molecule has 1 fully saturated rings. The number of benzene rings is 2. The molecule has 9 heteroatoms. The predicted octanol–water partition coefficient (Wildman–Crippen LogP) is 2.78. The van der Waals surface area contributed by atoms with Crippen molar-refractivity contribution in [2.45, 2.75) is 24.8 Å². The molecule has 0 saturated carbocycles. The summed E-state index contributed by atoms with van der Waals surface area (Å²) in [5, 5.41) is 5.81. The molecular weight excluding hydrogens is 422 g/mol. The van der Waals surface area contributed by atoms with Crippen LogP contribution in [0.2, 0.25) is 5.02 Å². The molecule has 1 aliphatic carbocycles. The van der Waals surface area contributed by atoms with Gasteiger partial charge in [0.15, 0.2) is 0 Å². The topological polar surface area (TPSA) is 97.0 Å². The monoisotopic (exact) mass is 443 g/mol. The van der Waals surface area contributed by atoms with Crippen LogP contribution in [-0.2, 0) is 22.4 Å². The van der Waals surface area contributed by atoms with E-state index in [0.29, 0.717) is 41.5 Å². The Balaban J connectivity index is 1.50. The predicted molar refractivity (Wildman–Crippen MR) is 115 cm³/mol. The number of rotatable bonds is 5. The van der Waals surface area contributed by atoms with E-state index in [0.717, 1.165) is 10.5 Å². The number of imide groups is 1. The minimum atomic E-state index is -1.01. The van der Waals surface area contributed by atoms with E-state index in [-0.39, 0.29) is 5.91 Å². The fourth-order valence-corrected chi connectivity index (χ4v) is 4.37. The van der Waals surface area contributed by atoms with Gasteiger partial charge in [0.2, 0.25) is 5.91 Å². The van der Waals surface area contributed by atoms with Crippen molar-refractivity contribution in [1.82, 2.24) is 10.2 Å². The first-order valence-electron chi connectivity index (χ1n) is 9.79. The minimum Gasteiger partial charge on any atom is -0.495 e. The summed E-state index contributed by atoms with van der Waals surface area (Å²) in [6.45, 7) is -0.415. The van der Waals surface area contributed by atoms with Crippen molar-refractivity contribution in [3.63, 3.8) is 0 Å². The third-order valence-corrected chi connectivity index (χ3v) is 6.02. The second-order valence-corrected chi connectivity index (χ2v) is 7.99. The maximum atomic E-state index is 13.2. The fourth-order valence-electron chi connectivity index (χ4n) is 4.14. The molecule has 2 N–H and O–H groups in total.